The fourth-order valence-electron chi connectivity index (χ4n) is 3.46. The van der Waals surface area contributed by atoms with Crippen LogP contribution in [0.5, 0.6) is 5.75 Å². The summed E-state index contributed by atoms with van der Waals surface area (Å²) in [5.41, 5.74) is 2.56. The van der Waals surface area contributed by atoms with Crippen molar-refractivity contribution in [1.29, 1.82) is 0 Å². The average molecular weight is 340 g/mol. The first-order valence-corrected chi connectivity index (χ1v) is 9.17. The molecule has 1 aromatic carbocycles. The number of nitrogens with zero attached hydrogens (tertiary/aromatic N) is 1. The summed E-state index contributed by atoms with van der Waals surface area (Å²) in [4.78, 5) is 4.12. The van der Waals surface area contributed by atoms with Crippen LogP contribution in [0, 0.1) is 0 Å². The van der Waals surface area contributed by atoms with E-state index in [1.54, 1.807) is 7.11 Å². The molecule has 0 amide bonds. The lowest BCUT2D eigenvalue weighted by Gasteiger charge is -2.34. The van der Waals surface area contributed by atoms with Crippen LogP contribution in [0.2, 0.25) is 0 Å². The number of rotatable bonds is 7. The molecular formula is C21H28N2O2. The number of aromatic nitrogens is 1. The molecule has 1 aliphatic heterocycles. The van der Waals surface area contributed by atoms with Crippen molar-refractivity contribution in [2.24, 2.45) is 0 Å². The second-order valence-electron chi connectivity index (χ2n) is 6.78. The van der Waals surface area contributed by atoms with Crippen molar-refractivity contribution in [3.05, 3.63) is 59.9 Å². The first-order chi connectivity index (χ1) is 12.3. The summed E-state index contributed by atoms with van der Waals surface area (Å²) < 4.78 is 11.3. The molecule has 0 bridgehead atoms. The van der Waals surface area contributed by atoms with Crippen molar-refractivity contribution in [2.75, 3.05) is 13.7 Å². The van der Waals surface area contributed by atoms with Gasteiger partial charge in [0.15, 0.2) is 0 Å². The van der Waals surface area contributed by atoms with Crippen LogP contribution in [0.15, 0.2) is 48.8 Å². The zero-order chi connectivity index (χ0) is 17.5. The molecule has 3 atom stereocenters. The van der Waals surface area contributed by atoms with Gasteiger partial charge in [0.25, 0.3) is 0 Å². The largest absolute Gasteiger partial charge is 0.497 e. The summed E-state index contributed by atoms with van der Waals surface area (Å²) in [5.74, 6) is 0.912. The van der Waals surface area contributed by atoms with E-state index in [4.69, 9.17) is 9.47 Å². The average Bonchev–Trinajstić information content (AvgIpc) is 2.68. The van der Waals surface area contributed by atoms with Crippen molar-refractivity contribution < 1.29 is 9.47 Å². The van der Waals surface area contributed by atoms with Crippen LogP contribution in [0.25, 0.3) is 0 Å². The molecule has 0 saturated carbocycles. The highest BCUT2D eigenvalue weighted by Gasteiger charge is 2.28. The maximum atomic E-state index is 6.06. The molecule has 134 valence electrons. The SMILES string of the molecule is COc1ccc(CC[C@H](C)N[C@H]2CCCO[C@@H]2c2ccncc2)cc1. The molecule has 1 fully saturated rings. The molecule has 1 saturated heterocycles. The minimum atomic E-state index is 0.125. The summed E-state index contributed by atoms with van der Waals surface area (Å²) in [6.07, 6.45) is 8.25. The Labute approximate surface area is 150 Å². The van der Waals surface area contributed by atoms with Gasteiger partial charge in [-0.2, -0.15) is 0 Å². The van der Waals surface area contributed by atoms with Gasteiger partial charge in [-0.1, -0.05) is 12.1 Å². The number of ether oxygens (including phenoxy) is 2. The van der Waals surface area contributed by atoms with Crippen LogP contribution >= 0.6 is 0 Å². The number of pyridine rings is 1. The molecule has 0 unspecified atom stereocenters. The van der Waals surface area contributed by atoms with E-state index in [1.807, 2.05) is 24.5 Å². The zero-order valence-corrected chi connectivity index (χ0v) is 15.2. The topological polar surface area (TPSA) is 43.4 Å². The first-order valence-electron chi connectivity index (χ1n) is 9.17. The maximum absolute atomic E-state index is 6.06. The highest BCUT2D eigenvalue weighted by Crippen LogP contribution is 2.28. The third-order valence-corrected chi connectivity index (χ3v) is 4.88. The fourth-order valence-corrected chi connectivity index (χ4v) is 3.46. The van der Waals surface area contributed by atoms with E-state index in [-0.39, 0.29) is 6.10 Å². The molecule has 1 aliphatic rings. The number of hydrogen-bond acceptors (Lipinski definition) is 4. The lowest BCUT2D eigenvalue weighted by atomic mass is 9.95. The standard InChI is InChI=1S/C21H28N2O2/c1-16(5-6-17-7-9-19(24-2)10-8-17)23-20-4-3-15-25-21(20)18-11-13-22-14-12-18/h7-14,16,20-21,23H,3-6,15H2,1-2H3/t16-,20-,21+/m0/s1. The van der Waals surface area contributed by atoms with Crippen LogP contribution < -0.4 is 10.1 Å². The molecular weight excluding hydrogens is 312 g/mol. The third-order valence-electron chi connectivity index (χ3n) is 4.88. The van der Waals surface area contributed by atoms with Gasteiger partial charge in [0.1, 0.15) is 5.75 Å². The Morgan fingerprint density at radius 1 is 1.20 bits per heavy atom. The lowest BCUT2D eigenvalue weighted by molar-refractivity contribution is -0.0136. The van der Waals surface area contributed by atoms with Crippen molar-refractivity contribution in [3.8, 4) is 5.75 Å². The van der Waals surface area contributed by atoms with Gasteiger partial charge in [0, 0.05) is 31.1 Å². The molecule has 1 N–H and O–H groups in total. The van der Waals surface area contributed by atoms with Gasteiger partial charge >= 0.3 is 0 Å². The van der Waals surface area contributed by atoms with E-state index in [1.165, 1.54) is 11.1 Å². The smallest absolute Gasteiger partial charge is 0.118 e. The molecule has 1 aromatic heterocycles. The van der Waals surface area contributed by atoms with Gasteiger partial charge in [-0.15, -0.1) is 0 Å². The van der Waals surface area contributed by atoms with Crippen LogP contribution in [-0.2, 0) is 11.2 Å². The Balaban J connectivity index is 1.54. The van der Waals surface area contributed by atoms with Gasteiger partial charge in [-0.25, -0.2) is 0 Å². The molecule has 4 nitrogen and oxygen atoms in total. The molecule has 2 heterocycles. The van der Waals surface area contributed by atoms with Crippen LogP contribution in [0.1, 0.15) is 43.4 Å². The molecule has 2 aromatic rings. The van der Waals surface area contributed by atoms with Crippen LogP contribution in [-0.4, -0.2) is 30.8 Å². The van der Waals surface area contributed by atoms with Gasteiger partial charge in [0.2, 0.25) is 0 Å². The molecule has 0 spiro atoms. The molecule has 0 aliphatic carbocycles. The number of methoxy groups -OCH3 is 1. The monoisotopic (exact) mass is 340 g/mol. The zero-order valence-electron chi connectivity index (χ0n) is 15.2. The summed E-state index contributed by atoms with van der Waals surface area (Å²) in [6, 6.07) is 13.3. The summed E-state index contributed by atoms with van der Waals surface area (Å²) >= 11 is 0. The van der Waals surface area contributed by atoms with Crippen molar-refractivity contribution in [1.82, 2.24) is 10.3 Å². The van der Waals surface area contributed by atoms with Gasteiger partial charge < -0.3 is 14.8 Å². The Bertz CT molecular complexity index is 630. The number of benzene rings is 1. The number of hydrogen-bond donors (Lipinski definition) is 1. The third kappa shape index (κ3) is 5.03. The fraction of sp³-hybridized carbons (Fsp3) is 0.476. The second-order valence-corrected chi connectivity index (χ2v) is 6.78. The van der Waals surface area contributed by atoms with Crippen molar-refractivity contribution in [2.45, 2.75) is 50.8 Å². The van der Waals surface area contributed by atoms with Gasteiger partial charge in [0.05, 0.1) is 13.2 Å². The van der Waals surface area contributed by atoms with E-state index in [0.717, 1.165) is 38.0 Å². The quantitative estimate of drug-likeness (QED) is 0.829. The second kappa shape index (κ2) is 8.97. The highest BCUT2D eigenvalue weighted by atomic mass is 16.5. The predicted octanol–water partition coefficient (Wildman–Crippen LogP) is 3.92. The van der Waals surface area contributed by atoms with Crippen LogP contribution in [0.4, 0.5) is 0 Å². The molecule has 4 heteroatoms. The Kier molecular flexibility index (Phi) is 6.42. The number of aryl methyl sites for hydroxylation is 1. The first kappa shape index (κ1) is 17.9. The van der Waals surface area contributed by atoms with E-state index < -0.39 is 0 Å². The van der Waals surface area contributed by atoms with E-state index >= 15 is 0 Å². The number of nitrogens with one attached hydrogen (secondary N) is 1. The summed E-state index contributed by atoms with van der Waals surface area (Å²) in [5, 5.41) is 3.79. The van der Waals surface area contributed by atoms with Crippen molar-refractivity contribution in [3.63, 3.8) is 0 Å². The normalized spacial score (nSPS) is 21.7. The molecule has 0 radical (unpaired) electrons. The van der Waals surface area contributed by atoms with Crippen LogP contribution in [0.3, 0.4) is 0 Å². The van der Waals surface area contributed by atoms with Crippen molar-refractivity contribution >= 4 is 0 Å². The minimum Gasteiger partial charge on any atom is -0.497 e. The maximum Gasteiger partial charge on any atom is 0.118 e. The van der Waals surface area contributed by atoms with Gasteiger partial charge in [-0.3, -0.25) is 4.98 Å². The highest BCUT2D eigenvalue weighted by molar-refractivity contribution is 5.27. The minimum absolute atomic E-state index is 0.125. The Hall–Kier alpha value is -1.91. The van der Waals surface area contributed by atoms with E-state index in [0.29, 0.717) is 12.1 Å². The Morgan fingerprint density at radius 2 is 1.96 bits per heavy atom. The summed E-state index contributed by atoms with van der Waals surface area (Å²) in [6.45, 7) is 3.10. The molecule has 3 rings (SSSR count). The lowest BCUT2D eigenvalue weighted by Crippen LogP contribution is -2.44. The Morgan fingerprint density at radius 3 is 2.68 bits per heavy atom. The van der Waals surface area contributed by atoms with E-state index in [2.05, 4.69) is 41.5 Å². The van der Waals surface area contributed by atoms with E-state index in [9.17, 15) is 0 Å². The summed E-state index contributed by atoms with van der Waals surface area (Å²) in [7, 11) is 1.70. The van der Waals surface area contributed by atoms with Gasteiger partial charge in [-0.05, 0) is 68.0 Å². The molecule has 25 heavy (non-hydrogen) atoms. The predicted molar refractivity (Wildman–Crippen MR) is 99.9 cm³/mol.